The summed E-state index contributed by atoms with van der Waals surface area (Å²) in [5.41, 5.74) is 6.89. The average molecular weight is 299 g/mol. The molecule has 1 amide bonds. The number of benzene rings is 1. The number of anilines is 1. The number of hydrogen-bond donors (Lipinski definition) is 2. The molecule has 0 atom stereocenters. The Morgan fingerprint density at radius 1 is 1.53 bits per heavy atom. The van der Waals surface area contributed by atoms with Crippen molar-refractivity contribution < 1.29 is 9.53 Å². The van der Waals surface area contributed by atoms with Gasteiger partial charge in [-0.15, -0.1) is 0 Å². The molecule has 17 heavy (non-hydrogen) atoms. The number of nitrogens with two attached hydrogens (primary N) is 1. The van der Waals surface area contributed by atoms with Gasteiger partial charge in [0.2, 0.25) is 0 Å². The van der Waals surface area contributed by atoms with Gasteiger partial charge in [-0.2, -0.15) is 0 Å². The van der Waals surface area contributed by atoms with Crippen LogP contribution in [0.3, 0.4) is 0 Å². The third-order valence-corrected chi connectivity index (χ3v) is 3.74. The lowest BCUT2D eigenvalue weighted by molar-refractivity contribution is 0.0176. The van der Waals surface area contributed by atoms with Crippen molar-refractivity contribution in [2.24, 2.45) is 0 Å². The lowest BCUT2D eigenvalue weighted by Gasteiger charge is -2.34. The highest BCUT2D eigenvalue weighted by Gasteiger charge is 2.30. The first-order chi connectivity index (χ1) is 8.10. The summed E-state index contributed by atoms with van der Waals surface area (Å²) < 4.78 is 5.96. The highest BCUT2D eigenvalue weighted by Crippen LogP contribution is 2.24. The van der Waals surface area contributed by atoms with Gasteiger partial charge in [0.05, 0.1) is 6.10 Å². The Balaban J connectivity index is 1.94. The summed E-state index contributed by atoms with van der Waals surface area (Å²) in [6, 6.07) is 5.43. The van der Waals surface area contributed by atoms with Gasteiger partial charge >= 0.3 is 0 Å². The van der Waals surface area contributed by atoms with Gasteiger partial charge in [-0.05, 0) is 47.0 Å². The van der Waals surface area contributed by atoms with Crippen molar-refractivity contribution >= 4 is 27.5 Å². The molecule has 2 rings (SSSR count). The molecule has 4 nitrogen and oxygen atoms in total. The van der Waals surface area contributed by atoms with Crippen molar-refractivity contribution in [3.8, 4) is 0 Å². The fraction of sp³-hybridized carbons (Fsp3) is 0.417. The number of rotatable bonds is 3. The molecule has 0 spiro atoms. The average Bonchev–Trinajstić information content (AvgIpc) is 2.26. The normalized spacial score (nSPS) is 22.9. The number of nitrogens with one attached hydrogen (secondary N) is 1. The van der Waals surface area contributed by atoms with Crippen molar-refractivity contribution in [1.82, 2.24) is 5.32 Å². The second-order valence-electron chi connectivity index (χ2n) is 4.24. The van der Waals surface area contributed by atoms with Crippen molar-refractivity contribution in [1.29, 1.82) is 0 Å². The van der Waals surface area contributed by atoms with Gasteiger partial charge in [0, 0.05) is 28.9 Å². The predicted molar refractivity (Wildman–Crippen MR) is 69.8 cm³/mol. The zero-order valence-corrected chi connectivity index (χ0v) is 11.2. The van der Waals surface area contributed by atoms with Crippen LogP contribution in [0, 0.1) is 0 Å². The van der Waals surface area contributed by atoms with Gasteiger partial charge in [-0.1, -0.05) is 0 Å². The molecule has 0 heterocycles. The maximum absolute atomic E-state index is 11.9. The fourth-order valence-corrected chi connectivity index (χ4v) is 2.08. The fourth-order valence-electron chi connectivity index (χ4n) is 1.83. The molecular formula is C12H15BrN2O2. The monoisotopic (exact) mass is 298 g/mol. The molecule has 0 saturated heterocycles. The van der Waals surface area contributed by atoms with E-state index in [4.69, 9.17) is 10.5 Å². The molecule has 1 aromatic rings. The van der Waals surface area contributed by atoms with E-state index in [2.05, 4.69) is 21.2 Å². The molecule has 0 aromatic heterocycles. The van der Waals surface area contributed by atoms with Crippen LogP contribution in [-0.2, 0) is 4.74 Å². The van der Waals surface area contributed by atoms with E-state index < -0.39 is 0 Å². The Bertz CT molecular complexity index is 431. The highest BCUT2D eigenvalue weighted by molar-refractivity contribution is 9.10. The number of amides is 1. The molecule has 0 bridgehead atoms. The Labute approximate surface area is 109 Å². The Hall–Kier alpha value is -1.07. The van der Waals surface area contributed by atoms with Gasteiger partial charge in [-0.25, -0.2) is 0 Å². The molecule has 0 unspecified atom stereocenters. The van der Waals surface area contributed by atoms with Crippen molar-refractivity contribution in [3.63, 3.8) is 0 Å². The molecule has 1 fully saturated rings. The van der Waals surface area contributed by atoms with Crippen LogP contribution in [-0.4, -0.2) is 25.2 Å². The summed E-state index contributed by atoms with van der Waals surface area (Å²) >= 11 is 3.30. The minimum Gasteiger partial charge on any atom is -0.398 e. The number of carbonyl (C=O) groups is 1. The molecule has 3 N–H and O–H groups in total. The molecule has 5 heteroatoms. The number of methoxy groups -OCH3 is 1. The predicted octanol–water partition coefficient (Wildman–Crippen LogP) is 1.94. The third kappa shape index (κ3) is 2.79. The van der Waals surface area contributed by atoms with E-state index in [0.29, 0.717) is 11.3 Å². The van der Waals surface area contributed by atoms with Crippen LogP contribution in [0.15, 0.2) is 22.7 Å². The molecule has 92 valence electrons. The minimum absolute atomic E-state index is 0.0799. The quantitative estimate of drug-likeness (QED) is 0.838. The molecule has 1 aliphatic carbocycles. The number of halogens is 1. The van der Waals surface area contributed by atoms with Gasteiger partial charge < -0.3 is 15.8 Å². The number of nitrogen functional groups attached to an aromatic ring is 1. The van der Waals surface area contributed by atoms with Crippen molar-refractivity contribution in [3.05, 3.63) is 28.2 Å². The van der Waals surface area contributed by atoms with E-state index >= 15 is 0 Å². The second kappa shape index (κ2) is 5.06. The molecule has 1 aromatic carbocycles. The zero-order chi connectivity index (χ0) is 12.4. The van der Waals surface area contributed by atoms with Crippen molar-refractivity contribution in [2.75, 3.05) is 12.8 Å². The first kappa shape index (κ1) is 12.4. The Morgan fingerprint density at radius 3 is 2.82 bits per heavy atom. The highest BCUT2D eigenvalue weighted by atomic mass is 79.9. The van der Waals surface area contributed by atoms with Gasteiger partial charge in [-0.3, -0.25) is 4.79 Å². The van der Waals surface area contributed by atoms with Gasteiger partial charge in [0.25, 0.3) is 5.91 Å². The van der Waals surface area contributed by atoms with E-state index in [1.807, 2.05) is 0 Å². The summed E-state index contributed by atoms with van der Waals surface area (Å²) in [6.07, 6.45) is 2.05. The third-order valence-electron chi connectivity index (χ3n) is 3.02. The maximum Gasteiger partial charge on any atom is 0.251 e. The van der Waals surface area contributed by atoms with Crippen LogP contribution in [0.4, 0.5) is 5.69 Å². The van der Waals surface area contributed by atoms with Crippen LogP contribution >= 0.6 is 15.9 Å². The van der Waals surface area contributed by atoms with E-state index in [1.165, 1.54) is 0 Å². The molecule has 0 aliphatic heterocycles. The van der Waals surface area contributed by atoms with Crippen LogP contribution < -0.4 is 11.1 Å². The summed E-state index contributed by atoms with van der Waals surface area (Å²) in [4.78, 5) is 11.9. The van der Waals surface area contributed by atoms with Crippen LogP contribution in [0.25, 0.3) is 0 Å². The number of carbonyl (C=O) groups excluding carboxylic acids is 1. The van der Waals surface area contributed by atoms with Crippen LogP contribution in [0.1, 0.15) is 23.2 Å². The smallest absolute Gasteiger partial charge is 0.251 e. The van der Waals surface area contributed by atoms with E-state index in [-0.39, 0.29) is 18.1 Å². The summed E-state index contributed by atoms with van der Waals surface area (Å²) in [5.74, 6) is -0.0799. The standard InChI is InChI=1S/C12H15BrN2O2/c1-17-9-5-8(6-9)15-12(16)7-2-3-10(13)11(14)4-7/h2-4,8-9H,5-6,14H2,1H3,(H,15,16). The zero-order valence-electron chi connectivity index (χ0n) is 9.57. The van der Waals surface area contributed by atoms with E-state index in [9.17, 15) is 4.79 Å². The Kier molecular flexibility index (Phi) is 3.69. The van der Waals surface area contributed by atoms with Gasteiger partial charge in [0.1, 0.15) is 0 Å². The second-order valence-corrected chi connectivity index (χ2v) is 5.09. The molecule has 0 radical (unpaired) electrons. The van der Waals surface area contributed by atoms with Crippen LogP contribution in [0.5, 0.6) is 0 Å². The lowest BCUT2D eigenvalue weighted by atomic mass is 9.89. The first-order valence-electron chi connectivity index (χ1n) is 5.49. The maximum atomic E-state index is 11.9. The largest absolute Gasteiger partial charge is 0.398 e. The topological polar surface area (TPSA) is 64.3 Å². The summed E-state index contributed by atoms with van der Waals surface area (Å²) in [6.45, 7) is 0. The molecular weight excluding hydrogens is 284 g/mol. The Morgan fingerprint density at radius 2 is 2.24 bits per heavy atom. The van der Waals surface area contributed by atoms with Gasteiger partial charge in [0.15, 0.2) is 0 Å². The number of hydrogen-bond acceptors (Lipinski definition) is 3. The van der Waals surface area contributed by atoms with Crippen molar-refractivity contribution in [2.45, 2.75) is 25.0 Å². The SMILES string of the molecule is COC1CC(NC(=O)c2ccc(Br)c(N)c2)C1. The first-order valence-corrected chi connectivity index (χ1v) is 6.28. The van der Waals surface area contributed by atoms with Crippen LogP contribution in [0.2, 0.25) is 0 Å². The molecule has 1 saturated carbocycles. The minimum atomic E-state index is -0.0799. The van der Waals surface area contributed by atoms with E-state index in [0.717, 1.165) is 17.3 Å². The van der Waals surface area contributed by atoms with E-state index in [1.54, 1.807) is 25.3 Å². The molecule has 1 aliphatic rings. The number of ether oxygens (including phenoxy) is 1. The summed E-state index contributed by atoms with van der Waals surface area (Å²) in [5, 5.41) is 2.95. The summed E-state index contributed by atoms with van der Waals surface area (Å²) in [7, 11) is 1.69. The lowest BCUT2D eigenvalue weighted by Crippen LogP contribution is -2.47.